The van der Waals surface area contributed by atoms with E-state index >= 15 is 0 Å². The molecule has 3 aromatic rings. The molecule has 1 amide bonds. The van der Waals surface area contributed by atoms with E-state index in [2.05, 4.69) is 21.4 Å². The fraction of sp³-hybridized carbons (Fsp3) is 0.400. The Morgan fingerprint density at radius 2 is 1.90 bits per heavy atom. The van der Waals surface area contributed by atoms with Crippen molar-refractivity contribution in [1.29, 1.82) is 0 Å². The molecule has 2 aliphatic rings. The van der Waals surface area contributed by atoms with Gasteiger partial charge in [-0.3, -0.25) is 14.8 Å². The lowest BCUT2D eigenvalue weighted by Crippen LogP contribution is -2.26. The number of halogens is 2. The summed E-state index contributed by atoms with van der Waals surface area (Å²) in [6.07, 6.45) is 9.35. The van der Waals surface area contributed by atoms with E-state index in [1.807, 2.05) is 13.1 Å². The van der Waals surface area contributed by atoms with E-state index in [0.29, 0.717) is 34.4 Å². The number of anilines is 1. The molecule has 0 saturated heterocycles. The normalized spacial score (nSPS) is 26.0. The molecule has 2 fully saturated rings. The predicted octanol–water partition coefficient (Wildman–Crippen LogP) is 6.22. The number of nitrogens with zero attached hydrogens (tertiary/aromatic N) is 2. The molecule has 160 valence electrons. The van der Waals surface area contributed by atoms with Gasteiger partial charge in [0.05, 0.1) is 22.4 Å². The number of hydrogen-bond donors (Lipinski definition) is 1. The molecule has 2 aromatic heterocycles. The van der Waals surface area contributed by atoms with Gasteiger partial charge in [0.1, 0.15) is 5.82 Å². The van der Waals surface area contributed by atoms with Gasteiger partial charge in [0.25, 0.3) is 0 Å². The first-order valence-electron chi connectivity index (χ1n) is 10.9. The van der Waals surface area contributed by atoms with Gasteiger partial charge in [0, 0.05) is 23.7 Å². The highest BCUT2D eigenvalue weighted by atomic mass is 35.5. The molecule has 6 heteroatoms. The van der Waals surface area contributed by atoms with Crippen LogP contribution in [0.1, 0.15) is 44.1 Å². The van der Waals surface area contributed by atoms with Crippen LogP contribution in [0, 0.1) is 29.5 Å². The Labute approximate surface area is 186 Å². The topological polar surface area (TPSA) is 54.9 Å². The van der Waals surface area contributed by atoms with Crippen LogP contribution in [0.4, 0.5) is 10.1 Å². The lowest BCUT2D eigenvalue weighted by Gasteiger charge is -2.21. The summed E-state index contributed by atoms with van der Waals surface area (Å²) >= 11 is 5.97. The van der Waals surface area contributed by atoms with Crippen LogP contribution in [-0.2, 0) is 4.79 Å². The molecule has 2 heterocycles. The van der Waals surface area contributed by atoms with Crippen molar-refractivity contribution in [1.82, 2.24) is 9.97 Å². The fourth-order valence-electron chi connectivity index (χ4n) is 5.77. The third kappa shape index (κ3) is 4.03. The van der Waals surface area contributed by atoms with Gasteiger partial charge in [0.15, 0.2) is 0 Å². The van der Waals surface area contributed by atoms with Gasteiger partial charge in [-0.25, -0.2) is 4.39 Å². The molecule has 0 spiro atoms. The van der Waals surface area contributed by atoms with E-state index in [1.165, 1.54) is 11.6 Å². The number of pyridine rings is 2. The minimum atomic E-state index is -0.213. The number of benzene rings is 1. The number of fused-ring (bicyclic) bond motifs is 2. The summed E-state index contributed by atoms with van der Waals surface area (Å²) in [6, 6.07) is 8.62. The Bertz CT molecular complexity index is 1120. The summed E-state index contributed by atoms with van der Waals surface area (Å²) in [5, 5.41) is 4.40. The lowest BCUT2D eigenvalue weighted by atomic mass is 9.86. The van der Waals surface area contributed by atoms with Gasteiger partial charge in [-0.15, -0.1) is 0 Å². The molecular formula is C25H25ClFN3O. The van der Waals surface area contributed by atoms with Crippen LogP contribution in [-0.4, -0.2) is 15.9 Å². The molecule has 5 rings (SSSR count). The number of nitrogens with one attached hydrogen (secondary N) is 1. The summed E-state index contributed by atoms with van der Waals surface area (Å²) in [5.41, 5.74) is 2.71. The Morgan fingerprint density at radius 1 is 1.13 bits per heavy atom. The van der Waals surface area contributed by atoms with Gasteiger partial charge in [-0.05, 0) is 85.3 Å². The highest BCUT2D eigenvalue weighted by molar-refractivity contribution is 6.30. The quantitative estimate of drug-likeness (QED) is 0.527. The maximum atomic E-state index is 13.9. The van der Waals surface area contributed by atoms with Gasteiger partial charge in [0.2, 0.25) is 5.91 Å². The Hall–Kier alpha value is -2.53. The number of aromatic nitrogens is 2. The van der Waals surface area contributed by atoms with Gasteiger partial charge in [-0.2, -0.15) is 0 Å². The van der Waals surface area contributed by atoms with E-state index in [-0.39, 0.29) is 17.6 Å². The second-order valence-corrected chi connectivity index (χ2v) is 9.59. The Morgan fingerprint density at radius 3 is 2.65 bits per heavy atom. The number of carbonyl (C=O) groups is 1. The summed E-state index contributed by atoms with van der Waals surface area (Å²) in [7, 11) is 0. The van der Waals surface area contributed by atoms with Crippen LogP contribution in [0.5, 0.6) is 0 Å². The fourth-order valence-corrected chi connectivity index (χ4v) is 5.95. The lowest BCUT2D eigenvalue weighted by molar-refractivity contribution is -0.120. The van der Waals surface area contributed by atoms with Crippen LogP contribution in [0.3, 0.4) is 0 Å². The summed E-state index contributed by atoms with van der Waals surface area (Å²) in [4.78, 5) is 21.2. The summed E-state index contributed by atoms with van der Waals surface area (Å²) < 4.78 is 13.9. The van der Waals surface area contributed by atoms with Crippen LogP contribution in [0.25, 0.3) is 10.9 Å². The average Bonchev–Trinajstić information content (AvgIpc) is 3.32. The molecule has 2 aliphatic carbocycles. The van der Waals surface area contributed by atoms with E-state index in [4.69, 9.17) is 11.6 Å². The SMILES string of the molecule is CC(C(=O)Nc1cncc(Cl)c1)[C@H]1C[C@H]2CC(c3ccnc4ccc(F)cc34)C[C@H]2C1. The highest BCUT2D eigenvalue weighted by Gasteiger charge is 2.44. The van der Waals surface area contributed by atoms with Gasteiger partial charge >= 0.3 is 0 Å². The Balaban J connectivity index is 1.25. The van der Waals surface area contributed by atoms with Crippen LogP contribution in [0.2, 0.25) is 5.02 Å². The Kier molecular flexibility index (Phi) is 5.39. The van der Waals surface area contributed by atoms with E-state index in [9.17, 15) is 9.18 Å². The van der Waals surface area contributed by atoms with Crippen molar-refractivity contribution in [3.8, 4) is 0 Å². The van der Waals surface area contributed by atoms with Crippen molar-refractivity contribution in [3.05, 3.63) is 65.3 Å². The largest absolute Gasteiger partial charge is 0.324 e. The second-order valence-electron chi connectivity index (χ2n) is 9.15. The van der Waals surface area contributed by atoms with Crippen LogP contribution < -0.4 is 5.32 Å². The average molecular weight is 438 g/mol. The first kappa shape index (κ1) is 20.4. The zero-order valence-electron chi connectivity index (χ0n) is 17.4. The molecule has 0 bridgehead atoms. The van der Waals surface area contributed by atoms with Crippen LogP contribution in [0.15, 0.2) is 48.9 Å². The molecule has 0 aliphatic heterocycles. The van der Waals surface area contributed by atoms with Crippen molar-refractivity contribution in [2.75, 3.05) is 5.32 Å². The number of carbonyl (C=O) groups excluding carboxylic acids is 1. The molecule has 4 nitrogen and oxygen atoms in total. The molecule has 0 radical (unpaired) electrons. The van der Waals surface area contributed by atoms with Crippen molar-refractivity contribution in [2.45, 2.75) is 38.5 Å². The number of amides is 1. The maximum Gasteiger partial charge on any atom is 0.227 e. The van der Waals surface area contributed by atoms with Crippen molar-refractivity contribution in [2.24, 2.45) is 23.7 Å². The third-order valence-electron chi connectivity index (χ3n) is 7.32. The van der Waals surface area contributed by atoms with Crippen molar-refractivity contribution >= 4 is 34.1 Å². The molecule has 2 unspecified atom stereocenters. The van der Waals surface area contributed by atoms with E-state index in [0.717, 1.165) is 36.6 Å². The minimum absolute atomic E-state index is 0.0289. The monoisotopic (exact) mass is 437 g/mol. The zero-order chi connectivity index (χ0) is 21.5. The van der Waals surface area contributed by atoms with Gasteiger partial charge in [-0.1, -0.05) is 18.5 Å². The predicted molar refractivity (Wildman–Crippen MR) is 120 cm³/mol. The molecule has 1 N–H and O–H groups in total. The standard InChI is InChI=1S/C25H25ClFN3O/c1-14(25(31)30-21-10-19(26)12-28-13-21)15-6-16-8-18(9-17(16)7-15)22-4-5-29-24-3-2-20(27)11-23(22)24/h2-5,10-18H,6-9H2,1H3,(H,30,31)/t14?,15-,16-,17+,18?. The molecule has 5 atom stereocenters. The minimum Gasteiger partial charge on any atom is -0.324 e. The first-order valence-corrected chi connectivity index (χ1v) is 11.3. The third-order valence-corrected chi connectivity index (χ3v) is 7.53. The molecular weight excluding hydrogens is 413 g/mol. The first-order chi connectivity index (χ1) is 15.0. The summed E-state index contributed by atoms with van der Waals surface area (Å²) in [6.45, 7) is 2.02. The number of hydrogen-bond acceptors (Lipinski definition) is 3. The zero-order valence-corrected chi connectivity index (χ0v) is 18.1. The molecule has 1 aromatic carbocycles. The van der Waals surface area contributed by atoms with Gasteiger partial charge < -0.3 is 5.32 Å². The summed E-state index contributed by atoms with van der Waals surface area (Å²) in [5.74, 6) is 1.82. The molecule has 31 heavy (non-hydrogen) atoms. The van der Waals surface area contributed by atoms with E-state index in [1.54, 1.807) is 30.6 Å². The maximum absolute atomic E-state index is 13.9. The second kappa shape index (κ2) is 8.19. The highest BCUT2D eigenvalue weighted by Crippen LogP contribution is 2.54. The van der Waals surface area contributed by atoms with Crippen LogP contribution >= 0.6 is 11.6 Å². The van der Waals surface area contributed by atoms with Crippen molar-refractivity contribution < 1.29 is 9.18 Å². The molecule has 2 saturated carbocycles. The van der Waals surface area contributed by atoms with Crippen molar-refractivity contribution in [3.63, 3.8) is 0 Å². The van der Waals surface area contributed by atoms with E-state index < -0.39 is 0 Å². The smallest absolute Gasteiger partial charge is 0.227 e. The number of rotatable bonds is 4.